The van der Waals surface area contributed by atoms with Crippen LogP contribution in [-0.2, 0) is 6.54 Å². The van der Waals surface area contributed by atoms with Gasteiger partial charge in [-0.25, -0.2) is 4.98 Å². The van der Waals surface area contributed by atoms with E-state index in [1.165, 1.54) is 10.9 Å². The van der Waals surface area contributed by atoms with Crippen molar-refractivity contribution in [2.24, 2.45) is 5.73 Å². The lowest BCUT2D eigenvalue weighted by atomic mass is 10.1. The summed E-state index contributed by atoms with van der Waals surface area (Å²) in [5, 5.41) is 1.17. The number of rotatable bonds is 5. The number of likely N-dealkylation sites (tertiary alicyclic amines) is 1. The molecule has 1 aliphatic rings. The Labute approximate surface area is 216 Å². The second-order valence-corrected chi connectivity index (χ2v) is 9.87. The number of ether oxygens (including phenoxy) is 1. The maximum Gasteiger partial charge on any atom is 0.254 e. The maximum absolute atomic E-state index is 13.2. The van der Waals surface area contributed by atoms with Crippen molar-refractivity contribution >= 4 is 22.5 Å². The molecule has 2 aromatic carbocycles. The van der Waals surface area contributed by atoms with Gasteiger partial charge in [-0.1, -0.05) is 30.3 Å². The van der Waals surface area contributed by atoms with Crippen LogP contribution in [0.5, 0.6) is 5.75 Å². The van der Waals surface area contributed by atoms with Gasteiger partial charge in [0.15, 0.2) is 0 Å². The molecule has 0 bridgehead atoms. The van der Waals surface area contributed by atoms with Crippen LogP contribution < -0.4 is 10.5 Å². The van der Waals surface area contributed by atoms with E-state index in [0.29, 0.717) is 18.7 Å². The van der Waals surface area contributed by atoms with Crippen molar-refractivity contribution < 1.29 is 9.53 Å². The fraction of sp³-hybridized carbons (Fsp3) is 0.267. The number of carbonyl (C=O) groups excluding carboxylic acids is 1. The van der Waals surface area contributed by atoms with Crippen molar-refractivity contribution in [3.8, 4) is 17.1 Å². The number of amides is 1. The average molecular weight is 494 g/mol. The first-order valence-corrected chi connectivity index (χ1v) is 12.8. The molecule has 1 saturated heterocycles. The number of hydrogen-bond donors (Lipinski definition) is 1. The van der Waals surface area contributed by atoms with Crippen LogP contribution in [-0.4, -0.2) is 51.0 Å². The van der Waals surface area contributed by atoms with Crippen molar-refractivity contribution in [2.75, 3.05) is 20.2 Å². The normalized spacial score (nSPS) is 16.0. The molecule has 37 heavy (non-hydrogen) atoms. The summed E-state index contributed by atoms with van der Waals surface area (Å²) in [5.41, 5.74) is 12.9. The van der Waals surface area contributed by atoms with E-state index in [0.717, 1.165) is 53.4 Å². The highest BCUT2D eigenvalue weighted by Crippen LogP contribution is 2.32. The van der Waals surface area contributed by atoms with E-state index in [2.05, 4.69) is 58.4 Å². The smallest absolute Gasteiger partial charge is 0.254 e. The Balaban J connectivity index is 1.41. The Hall–Kier alpha value is -4.10. The molecule has 7 heteroatoms. The monoisotopic (exact) mass is 493 g/mol. The highest BCUT2D eigenvalue weighted by molar-refractivity contribution is 5.95. The number of imidazole rings is 1. The third-order valence-corrected chi connectivity index (χ3v) is 7.41. The maximum atomic E-state index is 13.2. The minimum Gasteiger partial charge on any atom is -0.497 e. The van der Waals surface area contributed by atoms with Crippen LogP contribution in [0.2, 0.25) is 0 Å². The van der Waals surface area contributed by atoms with E-state index < -0.39 is 0 Å². The fourth-order valence-corrected chi connectivity index (χ4v) is 5.41. The number of aromatic nitrogens is 3. The molecular formula is C30H31N5O2. The number of aryl methyl sites for hydroxylation is 1. The van der Waals surface area contributed by atoms with E-state index in [1.807, 2.05) is 35.4 Å². The molecule has 188 valence electrons. The summed E-state index contributed by atoms with van der Waals surface area (Å²) in [7, 11) is 1.68. The van der Waals surface area contributed by atoms with Crippen LogP contribution in [0.3, 0.4) is 0 Å². The lowest BCUT2D eigenvalue weighted by Gasteiger charge is -2.30. The van der Waals surface area contributed by atoms with Gasteiger partial charge in [0.25, 0.3) is 5.91 Å². The summed E-state index contributed by atoms with van der Waals surface area (Å²) in [5.74, 6) is 0.864. The number of nitrogens with two attached hydrogens (primary N) is 1. The van der Waals surface area contributed by atoms with Crippen LogP contribution in [0.25, 0.3) is 27.9 Å². The second kappa shape index (κ2) is 9.41. The van der Waals surface area contributed by atoms with Crippen molar-refractivity contribution in [2.45, 2.75) is 32.4 Å². The quantitative estimate of drug-likeness (QED) is 0.378. The van der Waals surface area contributed by atoms with Gasteiger partial charge in [-0.2, -0.15) is 0 Å². The molecule has 3 aromatic heterocycles. The number of hydrogen-bond acceptors (Lipinski definition) is 4. The molecule has 0 spiro atoms. The van der Waals surface area contributed by atoms with Gasteiger partial charge in [0.2, 0.25) is 0 Å². The number of carbonyl (C=O) groups is 1. The molecule has 1 atom stereocenters. The van der Waals surface area contributed by atoms with E-state index in [4.69, 9.17) is 15.5 Å². The SMILES string of the molecule is COc1ccc(Cn2c(-c3nc4cc(C(=O)N5CCCC(N)C5)ccn4c3C)cc3ccccc32)cc1. The molecule has 4 heterocycles. The number of piperidine rings is 1. The number of benzene rings is 2. The summed E-state index contributed by atoms with van der Waals surface area (Å²) in [6.45, 7) is 4.14. The Morgan fingerprint density at radius 3 is 2.70 bits per heavy atom. The summed E-state index contributed by atoms with van der Waals surface area (Å²) in [6.07, 6.45) is 3.87. The Morgan fingerprint density at radius 2 is 1.92 bits per heavy atom. The van der Waals surface area contributed by atoms with E-state index in [-0.39, 0.29) is 11.9 Å². The molecule has 1 fully saturated rings. The number of nitrogens with zero attached hydrogens (tertiary/aromatic N) is 4. The first kappa shape index (κ1) is 23.3. The third-order valence-electron chi connectivity index (χ3n) is 7.41. The standard InChI is InChI=1S/C30H31N5O2/c1-20-29(32-28-17-23(13-15-34(20)28)30(36)33-14-5-7-24(31)19-33)27-16-22-6-3-4-8-26(22)35(27)18-21-9-11-25(37-2)12-10-21/h3-4,6,8-13,15-17,24H,5,7,14,18-19,31H2,1-2H3. The molecule has 5 aromatic rings. The molecule has 1 amide bonds. The predicted octanol–water partition coefficient (Wildman–Crippen LogP) is 4.88. The van der Waals surface area contributed by atoms with E-state index >= 15 is 0 Å². The topological polar surface area (TPSA) is 77.8 Å². The fourth-order valence-electron chi connectivity index (χ4n) is 5.41. The van der Waals surface area contributed by atoms with Gasteiger partial charge in [-0.05, 0) is 61.7 Å². The first-order valence-electron chi connectivity index (χ1n) is 12.8. The number of methoxy groups -OCH3 is 1. The Bertz CT molecular complexity index is 1600. The van der Waals surface area contributed by atoms with Gasteiger partial charge in [0, 0.05) is 54.0 Å². The molecule has 0 aliphatic carbocycles. The minimum atomic E-state index is 0.0217. The van der Waals surface area contributed by atoms with Crippen LogP contribution >= 0.6 is 0 Å². The van der Waals surface area contributed by atoms with Crippen LogP contribution in [0, 0.1) is 6.92 Å². The zero-order valence-electron chi connectivity index (χ0n) is 21.2. The van der Waals surface area contributed by atoms with Crippen LogP contribution in [0.1, 0.15) is 34.5 Å². The lowest BCUT2D eigenvalue weighted by Crippen LogP contribution is -2.45. The average Bonchev–Trinajstić information content (AvgIpc) is 3.45. The molecule has 2 N–H and O–H groups in total. The molecular weight excluding hydrogens is 462 g/mol. The molecule has 1 aliphatic heterocycles. The van der Waals surface area contributed by atoms with E-state index in [9.17, 15) is 4.79 Å². The van der Waals surface area contributed by atoms with Crippen molar-refractivity contribution in [3.05, 3.63) is 89.7 Å². The Kier molecular flexibility index (Phi) is 5.93. The predicted molar refractivity (Wildman–Crippen MR) is 146 cm³/mol. The molecule has 1 unspecified atom stereocenters. The van der Waals surface area contributed by atoms with Gasteiger partial charge >= 0.3 is 0 Å². The highest BCUT2D eigenvalue weighted by Gasteiger charge is 2.24. The van der Waals surface area contributed by atoms with Crippen molar-refractivity contribution in [1.29, 1.82) is 0 Å². The molecule has 0 saturated carbocycles. The lowest BCUT2D eigenvalue weighted by molar-refractivity contribution is 0.0709. The Morgan fingerprint density at radius 1 is 1.11 bits per heavy atom. The first-order chi connectivity index (χ1) is 18.0. The number of pyridine rings is 1. The summed E-state index contributed by atoms with van der Waals surface area (Å²) in [6, 6.07) is 22.6. The zero-order valence-corrected chi connectivity index (χ0v) is 21.2. The van der Waals surface area contributed by atoms with Crippen LogP contribution in [0.4, 0.5) is 0 Å². The van der Waals surface area contributed by atoms with Gasteiger partial charge in [-0.15, -0.1) is 0 Å². The second-order valence-electron chi connectivity index (χ2n) is 9.87. The van der Waals surface area contributed by atoms with Crippen molar-refractivity contribution in [3.63, 3.8) is 0 Å². The molecule has 7 nitrogen and oxygen atoms in total. The summed E-state index contributed by atoms with van der Waals surface area (Å²) < 4.78 is 9.71. The third kappa shape index (κ3) is 4.25. The largest absolute Gasteiger partial charge is 0.497 e. The van der Waals surface area contributed by atoms with Gasteiger partial charge < -0.3 is 24.3 Å². The van der Waals surface area contributed by atoms with Gasteiger partial charge in [-0.3, -0.25) is 4.79 Å². The molecule has 0 radical (unpaired) electrons. The minimum absolute atomic E-state index is 0.0217. The van der Waals surface area contributed by atoms with Crippen LogP contribution in [0.15, 0.2) is 72.9 Å². The summed E-state index contributed by atoms with van der Waals surface area (Å²) >= 11 is 0. The zero-order chi connectivity index (χ0) is 25.5. The van der Waals surface area contributed by atoms with E-state index in [1.54, 1.807) is 7.11 Å². The summed E-state index contributed by atoms with van der Waals surface area (Å²) in [4.78, 5) is 20.1. The van der Waals surface area contributed by atoms with Gasteiger partial charge in [0.1, 0.15) is 17.1 Å². The number of fused-ring (bicyclic) bond motifs is 2. The van der Waals surface area contributed by atoms with Gasteiger partial charge in [0.05, 0.1) is 12.8 Å². The molecule has 6 rings (SSSR count). The van der Waals surface area contributed by atoms with Crippen molar-refractivity contribution in [1.82, 2.24) is 18.9 Å². The highest BCUT2D eigenvalue weighted by atomic mass is 16.5. The number of para-hydroxylation sites is 1.